The summed E-state index contributed by atoms with van der Waals surface area (Å²) in [5.74, 6) is -0.762. The molecule has 4 atom stereocenters. The highest BCUT2D eigenvalue weighted by molar-refractivity contribution is 7.13. The summed E-state index contributed by atoms with van der Waals surface area (Å²) in [7, 11) is 1.54. The molecule has 1 saturated heterocycles. The van der Waals surface area contributed by atoms with Crippen molar-refractivity contribution < 1.29 is 29.0 Å². The van der Waals surface area contributed by atoms with Crippen LogP contribution in [0.15, 0.2) is 35.7 Å². The lowest BCUT2D eigenvalue weighted by molar-refractivity contribution is -0.148. The number of aromatic nitrogens is 2. The van der Waals surface area contributed by atoms with Gasteiger partial charge in [0.05, 0.1) is 24.9 Å². The van der Waals surface area contributed by atoms with E-state index in [1.807, 2.05) is 43.5 Å². The minimum atomic E-state index is -1.37. The fraction of sp³-hybridized carbons (Fsp3) is 0.528. The third-order valence-corrected chi connectivity index (χ3v) is 11.1. The summed E-state index contributed by atoms with van der Waals surface area (Å²) < 4.78 is 12.2. The van der Waals surface area contributed by atoms with Crippen molar-refractivity contribution in [3.8, 4) is 22.2 Å². The highest BCUT2D eigenvalue weighted by Gasteiger charge is 2.61. The van der Waals surface area contributed by atoms with Gasteiger partial charge in [0.25, 0.3) is 0 Å². The summed E-state index contributed by atoms with van der Waals surface area (Å²) in [6.45, 7) is 8.17. The fourth-order valence-corrected chi connectivity index (χ4v) is 8.03. The highest BCUT2D eigenvalue weighted by Crippen LogP contribution is 2.46. The average Bonchev–Trinajstić information content (AvgIpc) is 3.36. The van der Waals surface area contributed by atoms with Gasteiger partial charge in [0.1, 0.15) is 44.9 Å². The molecule has 2 N–H and O–H groups in total. The Morgan fingerprint density at radius 1 is 1.17 bits per heavy atom. The zero-order chi connectivity index (χ0) is 34.4. The topological polar surface area (TPSA) is 131 Å². The number of rotatable bonds is 6. The molecule has 2 aliphatic heterocycles. The van der Waals surface area contributed by atoms with Gasteiger partial charge < -0.3 is 24.8 Å². The van der Waals surface area contributed by atoms with E-state index in [-0.39, 0.29) is 30.7 Å². The Morgan fingerprint density at radius 3 is 2.67 bits per heavy atom. The number of hydrogen-bond donors (Lipinski definition) is 2. The molecule has 4 heterocycles. The van der Waals surface area contributed by atoms with E-state index in [1.54, 1.807) is 18.1 Å². The van der Waals surface area contributed by atoms with Crippen LogP contribution in [0, 0.1) is 11.3 Å². The van der Waals surface area contributed by atoms with E-state index >= 15 is 0 Å². The largest absolute Gasteiger partial charge is 0.495 e. The standard InChI is InChI=1S/C36H43ClN4O6S/c1-20(2)25-19-48-32(39-25)24-16-28(23-12-13-27(46-5)29(37)30(23)38-24)47-22-15-26-31(42)40-36(34(44)45)17-21(36)11-9-7-6-8-10-14-35(3,4)33(43)41(26)18-22/h9,11-13,16,19-22,26H,6-8,10,14-15,17-18H2,1-5H3,(H,40,42)(H,44,45)/t21-,22-,26+,36-/m1/s1. The molecule has 2 aromatic heterocycles. The number of hydrogen-bond acceptors (Lipinski definition) is 8. The number of nitrogens with one attached hydrogen (secondary N) is 1. The molecule has 1 aromatic carbocycles. The van der Waals surface area contributed by atoms with Crippen LogP contribution in [0.25, 0.3) is 21.6 Å². The van der Waals surface area contributed by atoms with Crippen LogP contribution in [0.1, 0.15) is 84.3 Å². The number of thiazole rings is 1. The number of fused-ring (bicyclic) bond motifs is 3. The Kier molecular flexibility index (Phi) is 9.47. The van der Waals surface area contributed by atoms with Gasteiger partial charge in [0.15, 0.2) is 0 Å². The fourth-order valence-electron chi connectivity index (χ4n) is 6.81. The molecule has 0 unspecified atom stereocenters. The molecule has 48 heavy (non-hydrogen) atoms. The number of nitrogens with zero attached hydrogens (tertiary/aromatic N) is 3. The molecule has 12 heteroatoms. The van der Waals surface area contributed by atoms with Crippen molar-refractivity contribution in [2.45, 2.75) is 96.2 Å². The molecule has 3 aromatic rings. The molecule has 6 rings (SSSR count). The molecule has 0 radical (unpaired) electrons. The Hall–Kier alpha value is -3.70. The number of benzene rings is 1. The second-order valence-corrected chi connectivity index (χ2v) is 15.4. The first-order chi connectivity index (χ1) is 22.8. The minimum absolute atomic E-state index is 0.143. The Bertz CT molecular complexity index is 1770. The number of halogens is 1. The summed E-state index contributed by atoms with van der Waals surface area (Å²) in [6, 6.07) is 4.52. The predicted molar refractivity (Wildman–Crippen MR) is 186 cm³/mol. The van der Waals surface area contributed by atoms with Gasteiger partial charge in [-0.2, -0.15) is 0 Å². The molecule has 2 amide bonds. The van der Waals surface area contributed by atoms with Crippen LogP contribution in [-0.2, 0) is 14.4 Å². The zero-order valence-corrected chi connectivity index (χ0v) is 29.6. The van der Waals surface area contributed by atoms with E-state index < -0.39 is 35.0 Å². The van der Waals surface area contributed by atoms with Crippen molar-refractivity contribution in [3.05, 3.63) is 46.4 Å². The number of allylic oxidation sites excluding steroid dienone is 1. The maximum Gasteiger partial charge on any atom is 0.330 e. The lowest BCUT2D eigenvalue weighted by Gasteiger charge is -2.33. The van der Waals surface area contributed by atoms with Crippen molar-refractivity contribution >= 4 is 51.6 Å². The number of pyridine rings is 1. The summed E-state index contributed by atoms with van der Waals surface area (Å²) in [4.78, 5) is 51.8. The second-order valence-electron chi connectivity index (χ2n) is 14.2. The number of aliphatic carboxylic acids is 1. The number of amides is 2. The lowest BCUT2D eigenvalue weighted by Crippen LogP contribution is -2.54. The number of carbonyl (C=O) groups excluding carboxylic acids is 2. The lowest BCUT2D eigenvalue weighted by atomic mass is 9.85. The van der Waals surface area contributed by atoms with Crippen LogP contribution in [0.3, 0.4) is 0 Å². The number of carboxylic acid groups (broad SMARTS) is 1. The van der Waals surface area contributed by atoms with Gasteiger partial charge in [-0.15, -0.1) is 11.3 Å². The first-order valence-corrected chi connectivity index (χ1v) is 17.9. The molecule has 0 spiro atoms. The van der Waals surface area contributed by atoms with Crippen LogP contribution in [0.5, 0.6) is 11.5 Å². The summed E-state index contributed by atoms with van der Waals surface area (Å²) in [5, 5.41) is 16.7. The highest BCUT2D eigenvalue weighted by atomic mass is 35.5. The van der Waals surface area contributed by atoms with Crippen molar-refractivity contribution in [1.82, 2.24) is 20.2 Å². The quantitative estimate of drug-likeness (QED) is 0.264. The molecule has 3 aliphatic rings. The Morgan fingerprint density at radius 2 is 1.96 bits per heavy atom. The number of carboxylic acids is 1. The monoisotopic (exact) mass is 694 g/mol. The zero-order valence-electron chi connectivity index (χ0n) is 28.0. The van der Waals surface area contributed by atoms with Gasteiger partial charge in [-0.3, -0.25) is 9.59 Å². The van der Waals surface area contributed by atoms with E-state index in [2.05, 4.69) is 19.2 Å². The molecule has 0 bridgehead atoms. The molecule has 256 valence electrons. The van der Waals surface area contributed by atoms with Crippen LogP contribution >= 0.6 is 22.9 Å². The van der Waals surface area contributed by atoms with Crippen LogP contribution in [0.4, 0.5) is 0 Å². The Balaban J connectivity index is 1.36. The SMILES string of the molecule is COc1ccc2c(O[C@@H]3C[C@H]4C(=O)N[C@]5(C(=O)O)C[C@H]5C=CCCCCCC(C)(C)C(=O)N4C3)cc(-c3nc(C(C)C)cs3)nc2c1Cl. The smallest absolute Gasteiger partial charge is 0.330 e. The van der Waals surface area contributed by atoms with E-state index in [1.165, 1.54) is 11.3 Å². The van der Waals surface area contributed by atoms with Gasteiger partial charge in [-0.05, 0) is 43.7 Å². The molecule has 10 nitrogen and oxygen atoms in total. The third kappa shape index (κ3) is 6.51. The van der Waals surface area contributed by atoms with Gasteiger partial charge in [-0.25, -0.2) is 14.8 Å². The maximum atomic E-state index is 14.2. The first kappa shape index (κ1) is 34.2. The van der Waals surface area contributed by atoms with Gasteiger partial charge in [-0.1, -0.05) is 64.3 Å². The van der Waals surface area contributed by atoms with Crippen molar-refractivity contribution in [1.29, 1.82) is 0 Å². The molecule has 1 saturated carbocycles. The summed E-state index contributed by atoms with van der Waals surface area (Å²) in [5.41, 5.74) is -0.0513. The van der Waals surface area contributed by atoms with Crippen molar-refractivity contribution in [3.63, 3.8) is 0 Å². The van der Waals surface area contributed by atoms with E-state index in [4.69, 9.17) is 31.0 Å². The molecular weight excluding hydrogens is 652 g/mol. The van der Waals surface area contributed by atoms with Crippen LogP contribution in [0.2, 0.25) is 5.02 Å². The van der Waals surface area contributed by atoms with Gasteiger partial charge in [0.2, 0.25) is 11.8 Å². The van der Waals surface area contributed by atoms with Crippen LogP contribution in [-0.4, -0.2) is 69.1 Å². The Labute approximate surface area is 289 Å². The van der Waals surface area contributed by atoms with E-state index in [0.717, 1.165) is 31.4 Å². The van der Waals surface area contributed by atoms with Gasteiger partial charge in [0, 0.05) is 34.6 Å². The summed E-state index contributed by atoms with van der Waals surface area (Å²) >= 11 is 8.26. The number of carbonyl (C=O) groups is 3. The maximum absolute atomic E-state index is 14.2. The van der Waals surface area contributed by atoms with Crippen LogP contribution < -0.4 is 14.8 Å². The van der Waals surface area contributed by atoms with Crippen molar-refractivity contribution in [2.75, 3.05) is 13.7 Å². The second kappa shape index (κ2) is 13.3. The normalized spacial score (nSPS) is 26.0. The van der Waals surface area contributed by atoms with Crippen molar-refractivity contribution in [2.24, 2.45) is 11.3 Å². The number of methoxy groups -OCH3 is 1. The third-order valence-electron chi connectivity index (χ3n) is 9.88. The minimum Gasteiger partial charge on any atom is -0.495 e. The first-order valence-electron chi connectivity index (χ1n) is 16.7. The summed E-state index contributed by atoms with van der Waals surface area (Å²) in [6.07, 6.45) is 8.22. The predicted octanol–water partition coefficient (Wildman–Crippen LogP) is 7.00. The van der Waals surface area contributed by atoms with Gasteiger partial charge >= 0.3 is 5.97 Å². The van der Waals surface area contributed by atoms with E-state index in [9.17, 15) is 19.5 Å². The molecule has 1 aliphatic carbocycles. The average molecular weight is 695 g/mol. The number of ether oxygens (including phenoxy) is 2. The molecule has 2 fully saturated rings. The van der Waals surface area contributed by atoms with E-state index in [0.29, 0.717) is 51.0 Å². The molecular formula is C36H43ClN4O6S.